The zero-order valence-corrected chi connectivity index (χ0v) is 12.6. The predicted octanol–water partition coefficient (Wildman–Crippen LogP) is 1.90. The van der Waals surface area contributed by atoms with Gasteiger partial charge in [-0.05, 0) is 29.9 Å². The van der Waals surface area contributed by atoms with Crippen molar-refractivity contribution in [3.63, 3.8) is 0 Å². The summed E-state index contributed by atoms with van der Waals surface area (Å²) in [5.41, 5.74) is 3.88. The summed E-state index contributed by atoms with van der Waals surface area (Å²) >= 11 is 0. The number of carbonyl (C=O) groups is 1. The van der Waals surface area contributed by atoms with Crippen LogP contribution in [0.1, 0.15) is 31.4 Å². The second-order valence-corrected chi connectivity index (χ2v) is 5.81. The van der Waals surface area contributed by atoms with Crippen molar-refractivity contribution in [1.29, 1.82) is 0 Å². The number of hydrogen-bond donors (Lipinski definition) is 3. The lowest BCUT2D eigenvalue weighted by atomic mass is 10.0. The number of benzene rings is 1. The van der Waals surface area contributed by atoms with Crippen LogP contribution in [-0.2, 0) is 17.8 Å². The molecule has 1 unspecified atom stereocenters. The summed E-state index contributed by atoms with van der Waals surface area (Å²) in [5.74, 6) is 0.559. The smallest absolute Gasteiger partial charge is 0.236 e. The van der Waals surface area contributed by atoms with Crippen LogP contribution in [0.15, 0.2) is 18.2 Å². The predicted molar refractivity (Wildman–Crippen MR) is 82.8 cm³/mol. The summed E-state index contributed by atoms with van der Waals surface area (Å²) in [5, 5.41) is 9.57. The molecule has 3 N–H and O–H groups in total. The van der Waals surface area contributed by atoms with Crippen molar-refractivity contribution in [3.05, 3.63) is 29.3 Å². The van der Waals surface area contributed by atoms with Gasteiger partial charge in [-0.25, -0.2) is 0 Å². The minimum Gasteiger partial charge on any atom is -0.384 e. The lowest BCUT2D eigenvalue weighted by Gasteiger charge is -2.20. The third-order valence-electron chi connectivity index (χ3n) is 3.74. The topological polar surface area (TPSA) is 53.2 Å². The van der Waals surface area contributed by atoms with Gasteiger partial charge in [-0.2, -0.15) is 0 Å². The Bertz CT molecular complexity index is 471. The highest BCUT2D eigenvalue weighted by Gasteiger charge is 2.19. The number of anilines is 1. The zero-order valence-electron chi connectivity index (χ0n) is 12.6. The zero-order chi connectivity index (χ0) is 14.5. The van der Waals surface area contributed by atoms with E-state index in [4.69, 9.17) is 0 Å². The number of para-hydroxylation sites is 1. The quantitative estimate of drug-likeness (QED) is 0.743. The SMILES string of the molecule is CNC(=O)C(CC(C)C)NCc1cccc2c1NCC2. The molecule has 0 saturated carbocycles. The fourth-order valence-electron chi connectivity index (χ4n) is 2.72. The van der Waals surface area contributed by atoms with Crippen LogP contribution in [0.4, 0.5) is 5.69 Å². The van der Waals surface area contributed by atoms with Crippen molar-refractivity contribution in [2.45, 2.75) is 39.3 Å². The van der Waals surface area contributed by atoms with E-state index in [-0.39, 0.29) is 11.9 Å². The Morgan fingerprint density at radius 2 is 2.20 bits per heavy atom. The van der Waals surface area contributed by atoms with Crippen LogP contribution in [0.3, 0.4) is 0 Å². The molecule has 1 aromatic carbocycles. The molecule has 0 spiro atoms. The highest BCUT2D eigenvalue weighted by Crippen LogP contribution is 2.26. The Morgan fingerprint density at radius 3 is 2.90 bits per heavy atom. The van der Waals surface area contributed by atoms with Gasteiger partial charge in [0.15, 0.2) is 0 Å². The first-order valence-corrected chi connectivity index (χ1v) is 7.41. The molecule has 110 valence electrons. The molecule has 4 nitrogen and oxygen atoms in total. The number of fused-ring (bicyclic) bond motifs is 1. The van der Waals surface area contributed by atoms with Gasteiger partial charge in [-0.3, -0.25) is 4.79 Å². The maximum atomic E-state index is 11.9. The number of hydrogen-bond acceptors (Lipinski definition) is 3. The Hall–Kier alpha value is -1.55. The van der Waals surface area contributed by atoms with Crippen molar-refractivity contribution >= 4 is 11.6 Å². The van der Waals surface area contributed by atoms with Gasteiger partial charge in [0.1, 0.15) is 0 Å². The van der Waals surface area contributed by atoms with Gasteiger partial charge in [0.2, 0.25) is 5.91 Å². The van der Waals surface area contributed by atoms with E-state index in [9.17, 15) is 4.79 Å². The van der Waals surface area contributed by atoms with Crippen molar-refractivity contribution < 1.29 is 4.79 Å². The number of amides is 1. The van der Waals surface area contributed by atoms with Gasteiger partial charge in [0, 0.05) is 25.8 Å². The van der Waals surface area contributed by atoms with Gasteiger partial charge in [-0.1, -0.05) is 32.0 Å². The van der Waals surface area contributed by atoms with E-state index in [0.29, 0.717) is 5.92 Å². The average molecular weight is 275 g/mol. The van der Waals surface area contributed by atoms with Gasteiger partial charge >= 0.3 is 0 Å². The molecular formula is C16H25N3O. The van der Waals surface area contributed by atoms with Crippen LogP contribution in [0, 0.1) is 5.92 Å². The molecule has 2 rings (SSSR count). The van der Waals surface area contributed by atoms with Crippen molar-refractivity contribution in [1.82, 2.24) is 10.6 Å². The minimum atomic E-state index is -0.128. The maximum absolute atomic E-state index is 11.9. The first kappa shape index (κ1) is 14.9. The molecule has 0 saturated heterocycles. The molecule has 1 aliphatic heterocycles. The standard InChI is InChI=1S/C16H25N3O/c1-11(2)9-14(16(20)17-3)19-10-13-6-4-5-12-7-8-18-15(12)13/h4-6,11,14,18-19H,7-10H2,1-3H3,(H,17,20). The molecule has 1 aromatic rings. The molecule has 20 heavy (non-hydrogen) atoms. The normalized spacial score (nSPS) is 14.8. The Kier molecular flexibility index (Phi) is 5.01. The monoisotopic (exact) mass is 275 g/mol. The van der Waals surface area contributed by atoms with Gasteiger partial charge in [0.25, 0.3) is 0 Å². The van der Waals surface area contributed by atoms with E-state index in [2.05, 4.69) is 48.0 Å². The van der Waals surface area contributed by atoms with E-state index < -0.39 is 0 Å². The summed E-state index contributed by atoms with van der Waals surface area (Å²) < 4.78 is 0. The maximum Gasteiger partial charge on any atom is 0.236 e. The largest absolute Gasteiger partial charge is 0.384 e. The van der Waals surface area contributed by atoms with Crippen molar-refractivity contribution in [3.8, 4) is 0 Å². The molecule has 0 fully saturated rings. The van der Waals surface area contributed by atoms with E-state index in [1.54, 1.807) is 7.05 Å². The molecule has 0 aliphatic carbocycles. The number of rotatable bonds is 6. The number of carbonyl (C=O) groups excluding carboxylic acids is 1. The Morgan fingerprint density at radius 1 is 1.40 bits per heavy atom. The lowest BCUT2D eigenvalue weighted by molar-refractivity contribution is -0.123. The lowest BCUT2D eigenvalue weighted by Crippen LogP contribution is -2.43. The van der Waals surface area contributed by atoms with Gasteiger partial charge in [0.05, 0.1) is 6.04 Å². The van der Waals surface area contributed by atoms with Crippen LogP contribution in [0.5, 0.6) is 0 Å². The third kappa shape index (κ3) is 3.51. The molecule has 0 aromatic heterocycles. The molecule has 1 heterocycles. The molecule has 4 heteroatoms. The summed E-state index contributed by atoms with van der Waals surface area (Å²) in [6.07, 6.45) is 1.94. The van der Waals surface area contributed by atoms with E-state index >= 15 is 0 Å². The highest BCUT2D eigenvalue weighted by molar-refractivity contribution is 5.81. The van der Waals surface area contributed by atoms with Gasteiger partial charge in [-0.15, -0.1) is 0 Å². The summed E-state index contributed by atoms with van der Waals surface area (Å²) in [6, 6.07) is 6.27. The molecule has 1 aliphatic rings. The van der Waals surface area contributed by atoms with Crippen LogP contribution in [-0.4, -0.2) is 25.5 Å². The average Bonchev–Trinajstić information content (AvgIpc) is 2.91. The summed E-state index contributed by atoms with van der Waals surface area (Å²) in [4.78, 5) is 11.9. The van der Waals surface area contributed by atoms with Crippen LogP contribution in [0.25, 0.3) is 0 Å². The molecule has 1 atom stereocenters. The van der Waals surface area contributed by atoms with Crippen LogP contribution >= 0.6 is 0 Å². The Labute approximate surface area is 121 Å². The first-order valence-electron chi connectivity index (χ1n) is 7.41. The van der Waals surface area contributed by atoms with Crippen molar-refractivity contribution in [2.24, 2.45) is 5.92 Å². The fourth-order valence-corrected chi connectivity index (χ4v) is 2.72. The minimum absolute atomic E-state index is 0.0687. The highest BCUT2D eigenvalue weighted by atomic mass is 16.2. The van der Waals surface area contributed by atoms with E-state index in [0.717, 1.165) is 25.9 Å². The van der Waals surface area contributed by atoms with Crippen LogP contribution < -0.4 is 16.0 Å². The fraction of sp³-hybridized carbons (Fsp3) is 0.562. The third-order valence-corrected chi connectivity index (χ3v) is 3.74. The summed E-state index contributed by atoms with van der Waals surface area (Å²) in [7, 11) is 1.69. The van der Waals surface area contributed by atoms with E-state index in [1.165, 1.54) is 16.8 Å². The number of nitrogens with one attached hydrogen (secondary N) is 3. The van der Waals surface area contributed by atoms with Gasteiger partial charge < -0.3 is 16.0 Å². The molecule has 1 amide bonds. The molecule has 0 bridgehead atoms. The summed E-state index contributed by atoms with van der Waals surface area (Å²) in [6.45, 7) is 6.01. The van der Waals surface area contributed by atoms with Crippen LogP contribution in [0.2, 0.25) is 0 Å². The number of likely N-dealkylation sites (N-methyl/N-ethyl adjacent to an activating group) is 1. The molecular weight excluding hydrogens is 250 g/mol. The first-order chi connectivity index (χ1) is 9.61. The Balaban J connectivity index is 2.02. The van der Waals surface area contributed by atoms with E-state index in [1.807, 2.05) is 0 Å². The van der Waals surface area contributed by atoms with Crippen molar-refractivity contribution in [2.75, 3.05) is 18.9 Å². The second kappa shape index (κ2) is 6.75. The molecule has 0 radical (unpaired) electrons. The second-order valence-electron chi connectivity index (χ2n) is 5.81.